The Balaban J connectivity index is 2.15. The first-order chi connectivity index (χ1) is 10.0. The molecule has 2 aliphatic rings. The van der Waals surface area contributed by atoms with Crippen molar-refractivity contribution in [2.75, 3.05) is 6.54 Å². The highest BCUT2D eigenvalue weighted by atomic mass is 16.1. The van der Waals surface area contributed by atoms with Crippen molar-refractivity contribution < 1.29 is 4.79 Å². The van der Waals surface area contributed by atoms with E-state index in [-0.39, 0.29) is 5.41 Å². The summed E-state index contributed by atoms with van der Waals surface area (Å²) in [7, 11) is 0. The second-order valence-corrected chi connectivity index (χ2v) is 6.55. The van der Waals surface area contributed by atoms with Gasteiger partial charge in [-0.2, -0.15) is 0 Å². The maximum Gasteiger partial charge on any atom is 0.143 e. The molecule has 0 fully saturated rings. The van der Waals surface area contributed by atoms with Gasteiger partial charge in [0.15, 0.2) is 0 Å². The van der Waals surface area contributed by atoms with Crippen LogP contribution in [0, 0.1) is 0 Å². The largest absolute Gasteiger partial charge is 0.299 e. The van der Waals surface area contributed by atoms with E-state index in [0.29, 0.717) is 12.2 Å². The number of benzene rings is 1. The van der Waals surface area contributed by atoms with E-state index in [9.17, 15) is 4.79 Å². The maximum absolute atomic E-state index is 12.3. The number of allylic oxidation sites excluding steroid dienone is 1. The van der Waals surface area contributed by atoms with Gasteiger partial charge in [-0.05, 0) is 60.6 Å². The molecule has 21 heavy (non-hydrogen) atoms. The molecule has 2 heteroatoms. The van der Waals surface area contributed by atoms with Crippen LogP contribution >= 0.6 is 0 Å². The lowest BCUT2D eigenvalue weighted by Gasteiger charge is -2.32. The predicted octanol–water partition coefficient (Wildman–Crippen LogP) is 3.90. The zero-order chi connectivity index (χ0) is 15.0. The molecule has 1 aromatic carbocycles. The molecule has 0 radical (unpaired) electrons. The maximum atomic E-state index is 12.3. The van der Waals surface area contributed by atoms with Crippen molar-refractivity contribution in [1.82, 2.24) is 0 Å². The van der Waals surface area contributed by atoms with E-state index in [0.717, 1.165) is 25.8 Å². The highest BCUT2D eigenvalue weighted by Crippen LogP contribution is 2.38. The molecule has 1 aliphatic heterocycles. The highest BCUT2D eigenvalue weighted by molar-refractivity contribution is 5.92. The third kappa shape index (κ3) is 2.37. The molecule has 2 nitrogen and oxygen atoms in total. The Bertz CT molecular complexity index is 650. The highest BCUT2D eigenvalue weighted by Gasteiger charge is 2.35. The fourth-order valence-corrected chi connectivity index (χ4v) is 3.49. The molecule has 0 saturated heterocycles. The summed E-state index contributed by atoms with van der Waals surface area (Å²) in [4.78, 5) is 16.6. The smallest absolute Gasteiger partial charge is 0.143 e. The minimum Gasteiger partial charge on any atom is -0.299 e. The van der Waals surface area contributed by atoms with Crippen LogP contribution in [0.4, 0.5) is 0 Å². The van der Waals surface area contributed by atoms with Gasteiger partial charge in [0.25, 0.3) is 0 Å². The van der Waals surface area contributed by atoms with E-state index in [1.54, 1.807) is 0 Å². The van der Waals surface area contributed by atoms with Crippen LogP contribution in [0.15, 0.2) is 23.2 Å². The summed E-state index contributed by atoms with van der Waals surface area (Å²) >= 11 is 0. The first-order valence-electron chi connectivity index (χ1n) is 7.91. The Morgan fingerprint density at radius 3 is 2.71 bits per heavy atom. The van der Waals surface area contributed by atoms with Crippen molar-refractivity contribution in [2.45, 2.75) is 51.9 Å². The van der Waals surface area contributed by atoms with Crippen LogP contribution in [0.3, 0.4) is 0 Å². The van der Waals surface area contributed by atoms with Crippen molar-refractivity contribution in [3.8, 4) is 0 Å². The molecule has 1 aromatic rings. The molecule has 0 spiro atoms. The van der Waals surface area contributed by atoms with Gasteiger partial charge in [-0.3, -0.25) is 9.79 Å². The molecule has 0 aromatic heterocycles. The lowest BCUT2D eigenvalue weighted by atomic mass is 9.70. The molecule has 0 amide bonds. The Morgan fingerprint density at radius 1 is 1.24 bits per heavy atom. The average Bonchev–Trinajstić information content (AvgIpc) is 2.51. The Hall–Kier alpha value is -1.70. The molecule has 3 rings (SSSR count). The number of rotatable bonds is 2. The number of aliphatic imine (C=N–C) groups is 1. The van der Waals surface area contributed by atoms with Gasteiger partial charge in [-0.1, -0.05) is 19.1 Å². The van der Waals surface area contributed by atoms with Crippen molar-refractivity contribution in [3.63, 3.8) is 0 Å². The fourth-order valence-electron chi connectivity index (χ4n) is 3.49. The summed E-state index contributed by atoms with van der Waals surface area (Å²) < 4.78 is 0. The number of hydrogen-bond donors (Lipinski definition) is 0. The van der Waals surface area contributed by atoms with Crippen molar-refractivity contribution in [1.29, 1.82) is 0 Å². The van der Waals surface area contributed by atoms with Gasteiger partial charge in [0.05, 0.1) is 6.54 Å². The van der Waals surface area contributed by atoms with Crippen LogP contribution < -0.4 is 0 Å². The second-order valence-electron chi connectivity index (χ2n) is 6.55. The van der Waals surface area contributed by atoms with Crippen LogP contribution in [0.1, 0.15) is 55.9 Å². The standard InChI is InChI=1S/C19H23NO/c1-4-13-11-15-5-6-18(21)19(2,3)17(15)12-16(13)14-7-9-20-10-8-14/h7,10-12H,4-6,8-9H2,1-3H3. The number of fused-ring (bicyclic) bond motifs is 1. The van der Waals surface area contributed by atoms with E-state index in [2.05, 4.69) is 44.0 Å². The number of nitrogens with zero attached hydrogens (tertiary/aromatic N) is 1. The first kappa shape index (κ1) is 14.2. The van der Waals surface area contributed by atoms with E-state index < -0.39 is 0 Å². The normalized spacial score (nSPS) is 20.1. The molecular formula is C19H23NO. The molecule has 0 unspecified atom stereocenters. The summed E-state index contributed by atoms with van der Waals surface area (Å²) in [5.41, 5.74) is 6.33. The summed E-state index contributed by atoms with van der Waals surface area (Å²) in [6.07, 6.45) is 7.73. The van der Waals surface area contributed by atoms with Gasteiger partial charge in [0.1, 0.15) is 5.78 Å². The van der Waals surface area contributed by atoms with Crippen molar-refractivity contribution >= 4 is 17.6 Å². The first-order valence-corrected chi connectivity index (χ1v) is 7.91. The van der Waals surface area contributed by atoms with E-state index >= 15 is 0 Å². The van der Waals surface area contributed by atoms with Gasteiger partial charge >= 0.3 is 0 Å². The molecule has 0 bridgehead atoms. The lowest BCUT2D eigenvalue weighted by Crippen LogP contribution is -2.34. The molecule has 0 N–H and O–H groups in total. The number of carbonyl (C=O) groups excluding carboxylic acids is 1. The monoisotopic (exact) mass is 281 g/mol. The van der Waals surface area contributed by atoms with Gasteiger partial charge in [0.2, 0.25) is 0 Å². The van der Waals surface area contributed by atoms with Crippen LogP contribution in [-0.2, 0) is 23.1 Å². The topological polar surface area (TPSA) is 29.4 Å². The van der Waals surface area contributed by atoms with E-state index in [1.165, 1.54) is 27.8 Å². The predicted molar refractivity (Wildman–Crippen MR) is 88.1 cm³/mol. The average molecular weight is 281 g/mol. The SMILES string of the molecule is CCc1cc2c(cc1C1=CCN=CC1)C(C)(C)C(=O)CC2. The van der Waals surface area contributed by atoms with Crippen molar-refractivity contribution in [3.05, 3.63) is 40.5 Å². The summed E-state index contributed by atoms with van der Waals surface area (Å²) in [5, 5.41) is 0. The third-order valence-corrected chi connectivity index (χ3v) is 4.93. The molecule has 1 heterocycles. The second kappa shape index (κ2) is 5.25. The number of ketones is 1. The Labute approximate surface area is 127 Å². The van der Waals surface area contributed by atoms with E-state index in [1.807, 2.05) is 6.21 Å². The number of dihydropyridines is 1. The van der Waals surface area contributed by atoms with Gasteiger partial charge in [0, 0.05) is 24.5 Å². The summed E-state index contributed by atoms with van der Waals surface area (Å²) in [5.74, 6) is 0.365. The minimum absolute atomic E-state index is 0.349. The van der Waals surface area contributed by atoms with Crippen LogP contribution in [0.5, 0.6) is 0 Å². The fraction of sp³-hybridized carbons (Fsp3) is 0.474. The van der Waals surface area contributed by atoms with Crippen LogP contribution in [-0.4, -0.2) is 18.5 Å². The zero-order valence-electron chi connectivity index (χ0n) is 13.2. The third-order valence-electron chi connectivity index (χ3n) is 4.93. The van der Waals surface area contributed by atoms with E-state index in [4.69, 9.17) is 0 Å². The molecule has 110 valence electrons. The lowest BCUT2D eigenvalue weighted by molar-refractivity contribution is -0.124. The number of hydrogen-bond acceptors (Lipinski definition) is 2. The molecule has 0 atom stereocenters. The summed E-state index contributed by atoms with van der Waals surface area (Å²) in [6.45, 7) is 7.12. The zero-order valence-corrected chi connectivity index (χ0v) is 13.2. The number of carbonyl (C=O) groups is 1. The summed E-state index contributed by atoms with van der Waals surface area (Å²) in [6, 6.07) is 4.63. The van der Waals surface area contributed by atoms with Gasteiger partial charge in [-0.15, -0.1) is 0 Å². The van der Waals surface area contributed by atoms with Crippen LogP contribution in [0.2, 0.25) is 0 Å². The van der Waals surface area contributed by atoms with Gasteiger partial charge in [-0.25, -0.2) is 0 Å². The Morgan fingerprint density at radius 2 is 2.05 bits per heavy atom. The van der Waals surface area contributed by atoms with Gasteiger partial charge < -0.3 is 0 Å². The Kier molecular flexibility index (Phi) is 3.56. The molecular weight excluding hydrogens is 258 g/mol. The van der Waals surface area contributed by atoms with Crippen molar-refractivity contribution in [2.24, 2.45) is 4.99 Å². The molecule has 1 aliphatic carbocycles. The minimum atomic E-state index is -0.349. The molecule has 0 saturated carbocycles. The number of aryl methyl sites for hydroxylation is 2. The number of Topliss-reactive ketones (excluding diaryl/α,β-unsaturated/α-hetero) is 1. The quantitative estimate of drug-likeness (QED) is 0.808. The van der Waals surface area contributed by atoms with Crippen LogP contribution in [0.25, 0.3) is 5.57 Å².